The minimum absolute atomic E-state index is 0.0485. The maximum atomic E-state index is 13.7. The van der Waals surface area contributed by atoms with Crippen LogP contribution in [0.5, 0.6) is 11.5 Å². The SMILES string of the molecule is CCOC(=O)C1C(C)=NC2=C(C(=O)CC(c3ccc(OC)c(OC)c3)C2)C1c1ccc(Cl)c(Cl)c1. The number of nitrogens with zero attached hydrogens (tertiary/aromatic N) is 1. The summed E-state index contributed by atoms with van der Waals surface area (Å²) < 4.78 is 16.2. The summed E-state index contributed by atoms with van der Waals surface area (Å²) in [6.07, 6.45) is 0.845. The molecule has 0 saturated carbocycles. The lowest BCUT2D eigenvalue weighted by Crippen LogP contribution is -2.38. The monoisotopic (exact) mass is 515 g/mol. The van der Waals surface area contributed by atoms with Crippen molar-refractivity contribution in [1.29, 1.82) is 0 Å². The fraction of sp³-hybridized carbons (Fsp3) is 0.370. The molecule has 0 radical (unpaired) electrons. The van der Waals surface area contributed by atoms with Gasteiger partial charge in [0, 0.05) is 29.3 Å². The second-order valence-corrected chi connectivity index (χ2v) is 9.45. The second-order valence-electron chi connectivity index (χ2n) is 8.64. The molecule has 0 amide bonds. The van der Waals surface area contributed by atoms with E-state index in [2.05, 4.69) is 0 Å². The molecular formula is C27H27Cl2NO5. The summed E-state index contributed by atoms with van der Waals surface area (Å²) in [4.78, 5) is 31.5. The van der Waals surface area contributed by atoms with Gasteiger partial charge in [-0.2, -0.15) is 0 Å². The molecule has 0 N–H and O–H groups in total. The van der Waals surface area contributed by atoms with Crippen LogP contribution in [0.1, 0.15) is 49.7 Å². The normalized spacial score (nSPS) is 21.8. The van der Waals surface area contributed by atoms with E-state index >= 15 is 0 Å². The zero-order valence-electron chi connectivity index (χ0n) is 20.1. The molecule has 0 spiro atoms. The molecule has 4 rings (SSSR count). The number of hydrogen-bond acceptors (Lipinski definition) is 6. The molecule has 0 fully saturated rings. The third-order valence-electron chi connectivity index (χ3n) is 6.61. The average Bonchev–Trinajstić information content (AvgIpc) is 2.84. The minimum Gasteiger partial charge on any atom is -0.493 e. The van der Waals surface area contributed by atoms with E-state index in [-0.39, 0.29) is 24.7 Å². The van der Waals surface area contributed by atoms with Crippen LogP contribution in [0.15, 0.2) is 52.7 Å². The Kier molecular flexibility index (Phi) is 7.53. The maximum absolute atomic E-state index is 13.7. The van der Waals surface area contributed by atoms with Crippen LogP contribution in [0.3, 0.4) is 0 Å². The van der Waals surface area contributed by atoms with Crippen molar-refractivity contribution in [2.75, 3.05) is 20.8 Å². The third kappa shape index (κ3) is 4.82. The van der Waals surface area contributed by atoms with Crippen LogP contribution in [0.25, 0.3) is 0 Å². The highest BCUT2D eigenvalue weighted by atomic mass is 35.5. The van der Waals surface area contributed by atoms with Gasteiger partial charge in [0.2, 0.25) is 0 Å². The lowest BCUT2D eigenvalue weighted by molar-refractivity contribution is -0.146. The molecule has 3 atom stereocenters. The molecule has 6 nitrogen and oxygen atoms in total. The van der Waals surface area contributed by atoms with Gasteiger partial charge in [0.05, 0.1) is 30.9 Å². The van der Waals surface area contributed by atoms with Crippen molar-refractivity contribution < 1.29 is 23.8 Å². The largest absolute Gasteiger partial charge is 0.493 e. The number of benzene rings is 2. The molecule has 2 aromatic carbocycles. The summed E-state index contributed by atoms with van der Waals surface area (Å²) in [7, 11) is 3.17. The molecule has 1 aliphatic heterocycles. The standard InChI is InChI=1S/C27H27Cl2NO5/c1-5-35-27(32)24-14(2)30-20-11-17(15-7-9-22(33-3)23(13-15)34-4)12-21(31)26(20)25(24)16-6-8-18(28)19(29)10-16/h6-10,13,17,24-25H,5,11-12H2,1-4H3. The van der Waals surface area contributed by atoms with Gasteiger partial charge in [-0.3, -0.25) is 14.6 Å². The zero-order chi connectivity index (χ0) is 25.3. The Hall–Kier alpha value is -2.83. The van der Waals surface area contributed by atoms with E-state index in [9.17, 15) is 9.59 Å². The van der Waals surface area contributed by atoms with Gasteiger partial charge in [-0.1, -0.05) is 35.3 Å². The number of rotatable bonds is 6. The van der Waals surface area contributed by atoms with Gasteiger partial charge in [-0.15, -0.1) is 0 Å². The van der Waals surface area contributed by atoms with Gasteiger partial charge < -0.3 is 14.2 Å². The van der Waals surface area contributed by atoms with Crippen molar-refractivity contribution in [2.24, 2.45) is 10.9 Å². The third-order valence-corrected chi connectivity index (χ3v) is 7.35. The van der Waals surface area contributed by atoms with Crippen molar-refractivity contribution in [3.63, 3.8) is 0 Å². The summed E-state index contributed by atoms with van der Waals surface area (Å²) in [5, 5.41) is 0.766. The predicted octanol–water partition coefficient (Wildman–Crippen LogP) is 6.15. The van der Waals surface area contributed by atoms with Gasteiger partial charge in [0.1, 0.15) is 5.92 Å². The summed E-state index contributed by atoms with van der Waals surface area (Å²) in [5.74, 6) is -0.564. The number of hydrogen-bond donors (Lipinski definition) is 0. The van der Waals surface area contributed by atoms with E-state index in [1.54, 1.807) is 40.2 Å². The number of allylic oxidation sites excluding steroid dienone is 2. The molecule has 2 aliphatic rings. The van der Waals surface area contributed by atoms with Crippen LogP contribution in [0, 0.1) is 5.92 Å². The van der Waals surface area contributed by atoms with E-state index in [0.717, 1.165) is 11.1 Å². The molecule has 0 saturated heterocycles. The number of Topliss-reactive ketones (excluding diaryl/α,β-unsaturated/α-hetero) is 1. The van der Waals surface area contributed by atoms with Gasteiger partial charge in [0.25, 0.3) is 0 Å². The summed E-state index contributed by atoms with van der Waals surface area (Å²) in [6, 6.07) is 10.9. The highest BCUT2D eigenvalue weighted by Gasteiger charge is 2.44. The Balaban J connectivity index is 1.79. The fourth-order valence-corrected chi connectivity index (χ4v) is 5.31. The van der Waals surface area contributed by atoms with E-state index < -0.39 is 17.8 Å². The molecule has 1 aliphatic carbocycles. The molecule has 0 bridgehead atoms. The van der Waals surface area contributed by atoms with Crippen LogP contribution in [-0.4, -0.2) is 38.3 Å². The van der Waals surface area contributed by atoms with Crippen LogP contribution in [0.4, 0.5) is 0 Å². The van der Waals surface area contributed by atoms with E-state index in [4.69, 9.17) is 42.4 Å². The van der Waals surface area contributed by atoms with Crippen molar-refractivity contribution >= 4 is 40.7 Å². The van der Waals surface area contributed by atoms with Crippen LogP contribution >= 0.6 is 23.2 Å². The van der Waals surface area contributed by atoms with E-state index in [1.165, 1.54) is 0 Å². The number of ketones is 1. The Morgan fingerprint density at radius 2 is 1.71 bits per heavy atom. The van der Waals surface area contributed by atoms with Gasteiger partial charge >= 0.3 is 5.97 Å². The molecular weight excluding hydrogens is 489 g/mol. The van der Waals surface area contributed by atoms with Gasteiger partial charge in [0.15, 0.2) is 17.3 Å². The number of methoxy groups -OCH3 is 2. The quantitative estimate of drug-likeness (QED) is 0.431. The molecule has 35 heavy (non-hydrogen) atoms. The minimum atomic E-state index is -0.715. The lowest BCUT2D eigenvalue weighted by atomic mass is 9.69. The predicted molar refractivity (Wildman–Crippen MR) is 136 cm³/mol. The first kappa shape index (κ1) is 25.3. The highest BCUT2D eigenvalue weighted by Crippen LogP contribution is 2.48. The zero-order valence-corrected chi connectivity index (χ0v) is 21.6. The molecule has 1 heterocycles. The van der Waals surface area contributed by atoms with Gasteiger partial charge in [-0.25, -0.2) is 0 Å². The summed E-state index contributed by atoms with van der Waals surface area (Å²) in [6.45, 7) is 3.80. The molecule has 184 valence electrons. The van der Waals surface area contributed by atoms with Crippen molar-refractivity contribution in [2.45, 2.75) is 38.5 Å². The smallest absolute Gasteiger partial charge is 0.315 e. The Morgan fingerprint density at radius 3 is 2.37 bits per heavy atom. The van der Waals surface area contributed by atoms with Crippen LogP contribution in [0.2, 0.25) is 10.0 Å². The summed E-state index contributed by atoms with van der Waals surface area (Å²) in [5.41, 5.74) is 3.55. The molecule has 0 aromatic heterocycles. The number of esters is 1. The topological polar surface area (TPSA) is 74.2 Å². The van der Waals surface area contributed by atoms with E-state index in [1.807, 2.05) is 24.3 Å². The first-order valence-electron chi connectivity index (χ1n) is 11.4. The first-order chi connectivity index (χ1) is 16.8. The fourth-order valence-electron chi connectivity index (χ4n) is 5.01. The number of carbonyl (C=O) groups is 2. The number of ether oxygens (including phenoxy) is 3. The highest BCUT2D eigenvalue weighted by molar-refractivity contribution is 6.42. The van der Waals surface area contributed by atoms with Crippen molar-refractivity contribution in [1.82, 2.24) is 0 Å². The Labute approximate surface area is 214 Å². The molecule has 2 aromatic rings. The van der Waals surface area contributed by atoms with Crippen LogP contribution < -0.4 is 9.47 Å². The Morgan fingerprint density at radius 1 is 1.00 bits per heavy atom. The van der Waals surface area contributed by atoms with E-state index in [0.29, 0.717) is 44.9 Å². The maximum Gasteiger partial charge on any atom is 0.315 e. The molecule has 8 heteroatoms. The number of carbonyl (C=O) groups excluding carboxylic acids is 2. The average molecular weight is 516 g/mol. The van der Waals surface area contributed by atoms with Crippen molar-refractivity contribution in [3.05, 3.63) is 68.8 Å². The first-order valence-corrected chi connectivity index (χ1v) is 12.2. The van der Waals surface area contributed by atoms with Gasteiger partial charge in [-0.05, 0) is 61.6 Å². The Bertz CT molecular complexity index is 1240. The molecule has 3 unspecified atom stereocenters. The van der Waals surface area contributed by atoms with Crippen molar-refractivity contribution in [3.8, 4) is 11.5 Å². The van der Waals surface area contributed by atoms with Crippen LogP contribution in [-0.2, 0) is 14.3 Å². The number of aliphatic imine (C=N–C) groups is 1. The lowest BCUT2D eigenvalue weighted by Gasteiger charge is -2.36. The number of halogens is 2. The summed E-state index contributed by atoms with van der Waals surface area (Å²) >= 11 is 12.5. The second kappa shape index (κ2) is 10.4.